The van der Waals surface area contributed by atoms with Crippen LogP contribution in [0, 0.1) is 17.0 Å². The standard InChI is InChI=1S/C27H25F2N7O2S/c1-26(2)17-6-9-27(26,23-16(17)12-20(33-34-23)22-18(28)4-3-5-19(22)29)21-7-10-30-25(32-21)36-14-31-24(35-36)15-8-11-39(37,38)13-15/h3-5,7,10,12,14-15,17H,6,8-9,11,13H2,1-2H3/t15-,17-,27-/m0/s1. The van der Waals surface area contributed by atoms with Crippen LogP contribution in [0.4, 0.5) is 8.78 Å². The summed E-state index contributed by atoms with van der Waals surface area (Å²) in [5.74, 6) is -0.501. The van der Waals surface area contributed by atoms with Crippen molar-refractivity contribution in [3.05, 3.63) is 77.3 Å². The summed E-state index contributed by atoms with van der Waals surface area (Å²) in [6.07, 6.45) is 5.34. The van der Waals surface area contributed by atoms with Gasteiger partial charge in [0, 0.05) is 12.1 Å². The number of hydrogen-bond acceptors (Lipinski definition) is 8. The van der Waals surface area contributed by atoms with Gasteiger partial charge in [-0.1, -0.05) is 19.9 Å². The number of halogens is 2. The summed E-state index contributed by atoms with van der Waals surface area (Å²) in [6, 6.07) is 7.41. The maximum Gasteiger partial charge on any atom is 0.252 e. The van der Waals surface area contributed by atoms with E-state index in [0.717, 1.165) is 29.8 Å². The molecule has 0 amide bonds. The van der Waals surface area contributed by atoms with E-state index in [1.54, 1.807) is 12.3 Å². The van der Waals surface area contributed by atoms with Crippen LogP contribution in [-0.4, -0.2) is 54.9 Å². The van der Waals surface area contributed by atoms with E-state index >= 15 is 0 Å². The van der Waals surface area contributed by atoms with Crippen LogP contribution in [0.2, 0.25) is 0 Å². The zero-order valence-corrected chi connectivity index (χ0v) is 22.2. The van der Waals surface area contributed by atoms with Gasteiger partial charge in [-0.15, -0.1) is 10.2 Å². The summed E-state index contributed by atoms with van der Waals surface area (Å²) in [4.78, 5) is 13.7. The molecule has 39 heavy (non-hydrogen) atoms. The van der Waals surface area contributed by atoms with Gasteiger partial charge >= 0.3 is 0 Å². The van der Waals surface area contributed by atoms with Crippen LogP contribution >= 0.6 is 0 Å². The van der Waals surface area contributed by atoms with Crippen LogP contribution in [0.3, 0.4) is 0 Å². The Labute approximate surface area is 223 Å². The molecule has 4 aromatic rings. The lowest BCUT2D eigenvalue weighted by Crippen LogP contribution is -2.38. The highest BCUT2D eigenvalue weighted by Gasteiger charge is 2.65. The van der Waals surface area contributed by atoms with Crippen molar-refractivity contribution >= 4 is 9.84 Å². The fourth-order valence-electron chi connectivity index (χ4n) is 7.01. The Kier molecular flexibility index (Phi) is 5.11. The van der Waals surface area contributed by atoms with Crippen molar-refractivity contribution in [2.45, 2.75) is 50.4 Å². The molecule has 3 aliphatic rings. The average molecular weight is 550 g/mol. The molecule has 200 valence electrons. The Balaban J connectivity index is 1.30. The number of fused-ring (bicyclic) bond motifs is 5. The largest absolute Gasteiger partial charge is 0.252 e. The maximum atomic E-state index is 14.5. The first-order valence-electron chi connectivity index (χ1n) is 12.9. The van der Waals surface area contributed by atoms with Gasteiger partial charge in [-0.05, 0) is 60.4 Å². The molecule has 0 N–H and O–H groups in total. The second kappa shape index (κ2) is 8.17. The third kappa shape index (κ3) is 3.43. The van der Waals surface area contributed by atoms with Crippen LogP contribution in [0.25, 0.3) is 17.2 Å². The van der Waals surface area contributed by atoms with Gasteiger partial charge in [-0.25, -0.2) is 32.2 Å². The molecule has 9 nitrogen and oxygen atoms in total. The SMILES string of the molecule is CC1(C)[C@H]2CC[C@]1(c1ccnc(-n3cnc([C@H]4CCS(=O)(=O)C4)n3)n1)c1nnc(-c3c(F)cccc3F)cc12. The van der Waals surface area contributed by atoms with Crippen molar-refractivity contribution in [2.24, 2.45) is 5.41 Å². The van der Waals surface area contributed by atoms with Crippen LogP contribution in [0.1, 0.15) is 67.7 Å². The van der Waals surface area contributed by atoms with Gasteiger partial charge in [0.05, 0.1) is 39.6 Å². The smallest absolute Gasteiger partial charge is 0.229 e. The van der Waals surface area contributed by atoms with Crippen LogP contribution in [0.5, 0.6) is 0 Å². The van der Waals surface area contributed by atoms with E-state index in [0.29, 0.717) is 18.2 Å². The van der Waals surface area contributed by atoms with E-state index in [1.165, 1.54) is 29.2 Å². The van der Waals surface area contributed by atoms with Gasteiger partial charge < -0.3 is 0 Å². The van der Waals surface area contributed by atoms with Crippen LogP contribution in [0.15, 0.2) is 42.9 Å². The summed E-state index contributed by atoms with van der Waals surface area (Å²) < 4.78 is 54.4. The van der Waals surface area contributed by atoms with Crippen LogP contribution < -0.4 is 0 Å². The molecule has 3 atom stereocenters. The minimum Gasteiger partial charge on any atom is -0.229 e. The molecule has 1 aromatic carbocycles. The van der Waals surface area contributed by atoms with Crippen molar-refractivity contribution in [1.82, 2.24) is 34.9 Å². The zero-order chi connectivity index (χ0) is 27.2. The van der Waals surface area contributed by atoms with Gasteiger partial charge in [0.15, 0.2) is 15.7 Å². The van der Waals surface area contributed by atoms with Gasteiger partial charge in [0.25, 0.3) is 5.95 Å². The third-order valence-electron chi connectivity index (χ3n) is 8.99. The molecule has 4 heterocycles. The average Bonchev–Trinajstić information content (AvgIpc) is 3.64. The Hall–Kier alpha value is -3.67. The third-order valence-corrected chi connectivity index (χ3v) is 10.8. The van der Waals surface area contributed by atoms with Gasteiger partial charge in [-0.3, -0.25) is 0 Å². The predicted octanol–water partition coefficient (Wildman–Crippen LogP) is 3.90. The first-order chi connectivity index (χ1) is 18.6. The molecule has 12 heteroatoms. The molecule has 0 spiro atoms. The molecule has 2 aliphatic carbocycles. The van der Waals surface area contributed by atoms with Gasteiger partial charge in [0.1, 0.15) is 18.0 Å². The minimum absolute atomic E-state index is 0.0464. The van der Waals surface area contributed by atoms with E-state index in [4.69, 9.17) is 4.98 Å². The topological polar surface area (TPSA) is 116 Å². The normalized spacial score (nSPS) is 26.2. The van der Waals surface area contributed by atoms with Crippen molar-refractivity contribution < 1.29 is 17.2 Å². The molecular weight excluding hydrogens is 524 g/mol. The summed E-state index contributed by atoms with van der Waals surface area (Å²) in [5, 5.41) is 13.4. The molecule has 3 aromatic heterocycles. The highest BCUT2D eigenvalue weighted by molar-refractivity contribution is 7.91. The van der Waals surface area contributed by atoms with Crippen molar-refractivity contribution in [2.75, 3.05) is 11.5 Å². The van der Waals surface area contributed by atoms with E-state index < -0.39 is 26.9 Å². The lowest BCUT2D eigenvalue weighted by molar-refractivity contribution is 0.242. The molecule has 2 fully saturated rings. The van der Waals surface area contributed by atoms with E-state index in [2.05, 4.69) is 39.1 Å². The number of sulfone groups is 1. The van der Waals surface area contributed by atoms with Crippen molar-refractivity contribution in [3.63, 3.8) is 0 Å². The molecule has 1 saturated heterocycles. The molecule has 2 bridgehead atoms. The predicted molar refractivity (Wildman–Crippen MR) is 137 cm³/mol. The minimum atomic E-state index is -3.07. The Morgan fingerprint density at radius 3 is 2.59 bits per heavy atom. The Morgan fingerprint density at radius 2 is 1.85 bits per heavy atom. The summed E-state index contributed by atoms with van der Waals surface area (Å²) in [7, 11) is -3.07. The summed E-state index contributed by atoms with van der Waals surface area (Å²) in [6.45, 7) is 4.34. The number of benzene rings is 1. The first kappa shape index (κ1) is 24.4. The van der Waals surface area contributed by atoms with Gasteiger partial charge in [-0.2, -0.15) is 9.78 Å². The first-order valence-corrected chi connectivity index (χ1v) is 14.7. The highest BCUT2D eigenvalue weighted by atomic mass is 32.2. The number of rotatable bonds is 4. The fourth-order valence-corrected chi connectivity index (χ4v) is 8.75. The van der Waals surface area contributed by atoms with E-state index in [-0.39, 0.29) is 40.0 Å². The number of hydrogen-bond donors (Lipinski definition) is 0. The summed E-state index contributed by atoms with van der Waals surface area (Å²) >= 11 is 0. The van der Waals surface area contributed by atoms with E-state index in [9.17, 15) is 17.2 Å². The molecular formula is C27H25F2N7O2S. The second-order valence-corrected chi connectivity index (χ2v) is 13.5. The maximum absolute atomic E-state index is 14.5. The zero-order valence-electron chi connectivity index (χ0n) is 21.3. The molecule has 1 saturated carbocycles. The number of aromatic nitrogens is 7. The lowest BCUT2D eigenvalue weighted by atomic mass is 9.66. The molecule has 0 unspecified atom stereocenters. The lowest BCUT2D eigenvalue weighted by Gasteiger charge is -2.37. The molecule has 0 radical (unpaired) electrons. The molecule has 1 aliphatic heterocycles. The highest BCUT2D eigenvalue weighted by Crippen LogP contribution is 2.69. The van der Waals surface area contributed by atoms with E-state index in [1.807, 2.05) is 6.07 Å². The monoisotopic (exact) mass is 549 g/mol. The molecule has 7 rings (SSSR count). The van der Waals surface area contributed by atoms with Crippen molar-refractivity contribution in [1.29, 1.82) is 0 Å². The van der Waals surface area contributed by atoms with Crippen molar-refractivity contribution in [3.8, 4) is 17.2 Å². The Morgan fingerprint density at radius 1 is 1.05 bits per heavy atom. The second-order valence-electron chi connectivity index (χ2n) is 11.2. The fraction of sp³-hybridized carbons (Fsp3) is 0.407. The van der Waals surface area contributed by atoms with Crippen LogP contribution in [-0.2, 0) is 15.3 Å². The van der Waals surface area contributed by atoms with Gasteiger partial charge in [0.2, 0.25) is 0 Å². The Bertz CT molecular complexity index is 1740. The summed E-state index contributed by atoms with van der Waals surface area (Å²) in [5.41, 5.74) is 1.59. The number of nitrogens with zero attached hydrogens (tertiary/aromatic N) is 7. The quantitative estimate of drug-likeness (QED) is 0.376.